The van der Waals surface area contributed by atoms with Crippen LogP contribution in [0, 0.1) is 0 Å². The monoisotopic (exact) mass is 398 g/mol. The highest BCUT2D eigenvalue weighted by atomic mass is 19.4. The summed E-state index contributed by atoms with van der Waals surface area (Å²) < 4.78 is 51.3. The number of pyridine rings is 1. The lowest BCUT2D eigenvalue weighted by molar-refractivity contribution is -0.154. The van der Waals surface area contributed by atoms with Crippen LogP contribution in [0.3, 0.4) is 0 Å². The molecule has 152 valence electrons. The van der Waals surface area contributed by atoms with Crippen LogP contribution < -0.4 is 25.3 Å². The molecule has 0 aliphatic rings. The average molecular weight is 398 g/mol. The molecule has 0 saturated carbocycles. The summed E-state index contributed by atoms with van der Waals surface area (Å²) in [5, 5.41) is 2.97. The molecule has 0 saturated heterocycles. The van der Waals surface area contributed by atoms with Crippen molar-refractivity contribution in [1.29, 1.82) is 0 Å². The van der Waals surface area contributed by atoms with Crippen molar-refractivity contribution in [3.8, 4) is 17.4 Å². The Hall–Kier alpha value is -3.17. The lowest BCUT2D eigenvalue weighted by Crippen LogP contribution is -2.31. The summed E-state index contributed by atoms with van der Waals surface area (Å²) in [4.78, 5) is 7.98. The van der Waals surface area contributed by atoms with Crippen LogP contribution in [-0.4, -0.2) is 37.9 Å². The first-order valence-corrected chi connectivity index (χ1v) is 8.20. The lowest BCUT2D eigenvalue weighted by Gasteiger charge is -2.11. The van der Waals surface area contributed by atoms with Crippen LogP contribution in [0.25, 0.3) is 0 Å². The zero-order valence-electron chi connectivity index (χ0n) is 15.4. The highest BCUT2D eigenvalue weighted by Crippen LogP contribution is 2.27. The van der Waals surface area contributed by atoms with E-state index in [1.54, 1.807) is 26.4 Å². The summed E-state index contributed by atoms with van der Waals surface area (Å²) in [5.74, 6) is 1.34. The highest BCUT2D eigenvalue weighted by molar-refractivity contribution is 5.77. The maximum absolute atomic E-state index is 12.1. The Balaban J connectivity index is 1.85. The molecular formula is C18H21F3N4O3. The van der Waals surface area contributed by atoms with E-state index in [1.807, 2.05) is 12.1 Å². The smallest absolute Gasteiger partial charge is 0.422 e. The first-order chi connectivity index (χ1) is 13.3. The van der Waals surface area contributed by atoms with Gasteiger partial charge in [0.1, 0.15) is 0 Å². The van der Waals surface area contributed by atoms with Gasteiger partial charge in [-0.05, 0) is 23.3 Å². The molecule has 3 N–H and O–H groups in total. The predicted octanol–water partition coefficient (Wildman–Crippen LogP) is 2.64. The van der Waals surface area contributed by atoms with E-state index in [4.69, 9.17) is 15.2 Å². The molecule has 1 aromatic carbocycles. The van der Waals surface area contributed by atoms with Crippen molar-refractivity contribution in [2.24, 2.45) is 10.7 Å². The number of ether oxygens (including phenoxy) is 3. The summed E-state index contributed by atoms with van der Waals surface area (Å²) >= 11 is 0. The number of alkyl halides is 3. The fraction of sp³-hybridized carbons (Fsp3) is 0.333. The van der Waals surface area contributed by atoms with Crippen molar-refractivity contribution in [1.82, 2.24) is 10.3 Å². The van der Waals surface area contributed by atoms with Crippen LogP contribution in [0.4, 0.5) is 13.2 Å². The van der Waals surface area contributed by atoms with Crippen LogP contribution in [0.2, 0.25) is 0 Å². The first kappa shape index (κ1) is 21.1. The summed E-state index contributed by atoms with van der Waals surface area (Å²) in [6, 6.07) is 8.40. The maximum Gasteiger partial charge on any atom is 0.422 e. The first-order valence-electron chi connectivity index (χ1n) is 8.20. The van der Waals surface area contributed by atoms with Gasteiger partial charge >= 0.3 is 6.18 Å². The SMILES string of the molecule is COc1ccc(CNC(N)=NCc2ccc(OCC(F)(F)F)nc2)cc1OC. The minimum atomic E-state index is -4.40. The van der Waals surface area contributed by atoms with Gasteiger partial charge in [0.15, 0.2) is 24.1 Å². The highest BCUT2D eigenvalue weighted by Gasteiger charge is 2.28. The molecule has 0 aliphatic carbocycles. The molecule has 1 heterocycles. The number of nitrogens with zero attached hydrogens (tertiary/aromatic N) is 2. The number of nitrogens with two attached hydrogens (primary N) is 1. The molecule has 10 heteroatoms. The van der Waals surface area contributed by atoms with Crippen LogP contribution in [0.1, 0.15) is 11.1 Å². The minimum absolute atomic E-state index is 0.107. The third kappa shape index (κ3) is 6.86. The van der Waals surface area contributed by atoms with E-state index in [9.17, 15) is 13.2 Å². The van der Waals surface area contributed by atoms with E-state index in [-0.39, 0.29) is 18.4 Å². The molecule has 1 aromatic heterocycles. The molecule has 2 aromatic rings. The summed E-state index contributed by atoms with van der Waals surface area (Å²) in [7, 11) is 3.11. The fourth-order valence-electron chi connectivity index (χ4n) is 2.16. The summed E-state index contributed by atoms with van der Waals surface area (Å²) in [6.07, 6.45) is -3.02. The van der Waals surface area contributed by atoms with Gasteiger partial charge in [-0.15, -0.1) is 0 Å². The number of halogens is 3. The van der Waals surface area contributed by atoms with Crippen molar-refractivity contribution in [3.05, 3.63) is 47.7 Å². The number of aliphatic imine (C=N–C) groups is 1. The second-order valence-corrected chi connectivity index (χ2v) is 5.65. The van der Waals surface area contributed by atoms with E-state index in [1.165, 1.54) is 12.3 Å². The number of hydrogen-bond donors (Lipinski definition) is 2. The maximum atomic E-state index is 12.1. The van der Waals surface area contributed by atoms with Crippen LogP contribution >= 0.6 is 0 Å². The topological polar surface area (TPSA) is 91.0 Å². The van der Waals surface area contributed by atoms with Gasteiger partial charge in [-0.1, -0.05) is 12.1 Å². The standard InChI is InChI=1S/C18H21F3N4O3/c1-26-14-5-3-12(7-15(14)27-2)8-24-17(22)25-10-13-4-6-16(23-9-13)28-11-18(19,20)21/h3-7,9H,8,10-11H2,1-2H3,(H3,22,24,25). The molecule has 0 spiro atoms. The van der Waals surface area contributed by atoms with Gasteiger partial charge in [0.2, 0.25) is 5.88 Å². The Kier molecular flexibility index (Phi) is 7.30. The van der Waals surface area contributed by atoms with E-state index < -0.39 is 12.8 Å². The molecule has 0 bridgehead atoms. The van der Waals surface area contributed by atoms with Crippen LogP contribution in [-0.2, 0) is 13.1 Å². The third-order valence-electron chi connectivity index (χ3n) is 3.53. The largest absolute Gasteiger partial charge is 0.493 e. The number of guanidine groups is 1. The number of rotatable bonds is 8. The third-order valence-corrected chi connectivity index (χ3v) is 3.53. The number of hydrogen-bond acceptors (Lipinski definition) is 5. The molecule has 0 unspecified atom stereocenters. The Labute approximate surface area is 160 Å². The summed E-state index contributed by atoms with van der Waals surface area (Å²) in [5.41, 5.74) is 7.43. The molecule has 28 heavy (non-hydrogen) atoms. The van der Waals surface area contributed by atoms with Crippen molar-refractivity contribution in [2.75, 3.05) is 20.8 Å². The van der Waals surface area contributed by atoms with Gasteiger partial charge < -0.3 is 25.3 Å². The van der Waals surface area contributed by atoms with E-state index >= 15 is 0 Å². The molecule has 0 fully saturated rings. The normalized spacial score (nSPS) is 11.8. The Bertz CT molecular complexity index is 796. The lowest BCUT2D eigenvalue weighted by atomic mass is 10.2. The van der Waals surface area contributed by atoms with Crippen molar-refractivity contribution in [3.63, 3.8) is 0 Å². The summed E-state index contributed by atoms with van der Waals surface area (Å²) in [6.45, 7) is -0.736. The molecule has 0 radical (unpaired) electrons. The van der Waals surface area contributed by atoms with Crippen LogP contribution in [0.5, 0.6) is 17.4 Å². The van der Waals surface area contributed by atoms with E-state index in [2.05, 4.69) is 20.0 Å². The number of methoxy groups -OCH3 is 2. The van der Waals surface area contributed by atoms with Gasteiger partial charge in [-0.3, -0.25) is 0 Å². The molecule has 7 nitrogen and oxygen atoms in total. The van der Waals surface area contributed by atoms with Gasteiger partial charge in [0.05, 0.1) is 20.8 Å². The van der Waals surface area contributed by atoms with Crippen LogP contribution in [0.15, 0.2) is 41.5 Å². The average Bonchev–Trinajstić information content (AvgIpc) is 2.69. The Morgan fingerprint density at radius 3 is 2.43 bits per heavy atom. The number of aromatic nitrogens is 1. The minimum Gasteiger partial charge on any atom is -0.493 e. The fourth-order valence-corrected chi connectivity index (χ4v) is 2.16. The van der Waals surface area contributed by atoms with Gasteiger partial charge in [-0.2, -0.15) is 13.2 Å². The molecule has 0 amide bonds. The number of benzene rings is 1. The van der Waals surface area contributed by atoms with Crippen molar-refractivity contribution in [2.45, 2.75) is 19.3 Å². The Morgan fingerprint density at radius 1 is 1.11 bits per heavy atom. The zero-order chi connectivity index (χ0) is 20.6. The molecular weight excluding hydrogens is 377 g/mol. The van der Waals surface area contributed by atoms with E-state index in [0.717, 1.165) is 5.56 Å². The zero-order valence-corrected chi connectivity index (χ0v) is 15.4. The Morgan fingerprint density at radius 2 is 1.82 bits per heavy atom. The molecule has 0 aliphatic heterocycles. The predicted molar refractivity (Wildman–Crippen MR) is 97.5 cm³/mol. The van der Waals surface area contributed by atoms with Crippen molar-refractivity contribution >= 4 is 5.96 Å². The molecule has 2 rings (SSSR count). The van der Waals surface area contributed by atoms with E-state index in [0.29, 0.717) is 23.6 Å². The second kappa shape index (κ2) is 9.67. The second-order valence-electron chi connectivity index (χ2n) is 5.65. The van der Waals surface area contributed by atoms with Gasteiger partial charge in [-0.25, -0.2) is 9.98 Å². The number of nitrogens with one attached hydrogen (secondary N) is 1. The van der Waals surface area contributed by atoms with Crippen molar-refractivity contribution < 1.29 is 27.4 Å². The van der Waals surface area contributed by atoms with Gasteiger partial charge in [0, 0.05) is 18.8 Å². The quantitative estimate of drug-likeness (QED) is 0.525. The molecule has 0 atom stereocenters. The van der Waals surface area contributed by atoms with Gasteiger partial charge in [0.25, 0.3) is 0 Å².